The van der Waals surface area contributed by atoms with E-state index in [1.165, 1.54) is 0 Å². The molecule has 0 saturated carbocycles. The molecule has 1 atom stereocenters. The highest BCUT2D eigenvalue weighted by Crippen LogP contribution is 2.31. The van der Waals surface area contributed by atoms with Crippen LogP contribution >= 0.6 is 0 Å². The van der Waals surface area contributed by atoms with Gasteiger partial charge in [0.15, 0.2) is 0 Å². The van der Waals surface area contributed by atoms with Gasteiger partial charge >= 0.3 is 6.03 Å². The maximum absolute atomic E-state index is 13.2. The number of hydrogen-bond donors (Lipinski definition) is 1. The normalized spacial score (nSPS) is 19.3. The van der Waals surface area contributed by atoms with Crippen LogP contribution in [0.3, 0.4) is 0 Å². The Labute approximate surface area is 184 Å². The molecule has 2 aliphatic heterocycles. The van der Waals surface area contributed by atoms with Gasteiger partial charge < -0.3 is 19.9 Å². The molecule has 4 rings (SSSR count). The third-order valence-corrected chi connectivity index (χ3v) is 6.26. The number of methoxy groups -OCH3 is 1. The molecule has 3 amide bonds. The summed E-state index contributed by atoms with van der Waals surface area (Å²) in [6.45, 7) is 2.22. The molecule has 2 heterocycles. The van der Waals surface area contributed by atoms with Crippen LogP contribution in [-0.2, 0) is 11.3 Å². The van der Waals surface area contributed by atoms with Crippen molar-refractivity contribution in [2.45, 2.75) is 51.1 Å². The molecule has 0 aliphatic carbocycles. The summed E-state index contributed by atoms with van der Waals surface area (Å²) in [5.41, 5.74) is 3.00. The van der Waals surface area contributed by atoms with E-state index in [4.69, 9.17) is 4.74 Å². The van der Waals surface area contributed by atoms with Crippen molar-refractivity contribution in [3.8, 4) is 5.75 Å². The number of rotatable bonds is 5. The van der Waals surface area contributed by atoms with Gasteiger partial charge in [0.2, 0.25) is 5.91 Å². The molecule has 164 valence electrons. The number of nitrogens with zero attached hydrogens (tertiary/aromatic N) is 2. The zero-order valence-corrected chi connectivity index (χ0v) is 18.2. The van der Waals surface area contributed by atoms with Crippen molar-refractivity contribution in [3.05, 3.63) is 59.7 Å². The zero-order chi connectivity index (χ0) is 21.6. The molecule has 2 aliphatic rings. The maximum Gasteiger partial charge on any atom is 0.322 e. The molecule has 0 aromatic heterocycles. The van der Waals surface area contributed by atoms with Gasteiger partial charge in [-0.3, -0.25) is 4.79 Å². The van der Waals surface area contributed by atoms with Crippen LogP contribution in [-0.4, -0.2) is 41.9 Å². The number of hydrogen-bond acceptors (Lipinski definition) is 3. The number of anilines is 1. The van der Waals surface area contributed by atoms with Gasteiger partial charge in [0.1, 0.15) is 5.75 Å². The second kappa shape index (κ2) is 9.86. The summed E-state index contributed by atoms with van der Waals surface area (Å²) < 4.78 is 5.28. The number of likely N-dealkylation sites (tertiary alicyclic amines) is 2. The van der Waals surface area contributed by atoms with Gasteiger partial charge in [-0.2, -0.15) is 0 Å². The average molecular weight is 422 g/mol. The Morgan fingerprint density at radius 1 is 1.00 bits per heavy atom. The lowest BCUT2D eigenvalue weighted by Crippen LogP contribution is -2.38. The third kappa shape index (κ3) is 5.19. The highest BCUT2D eigenvalue weighted by Gasteiger charge is 2.27. The summed E-state index contributed by atoms with van der Waals surface area (Å²) in [5, 5.41) is 3.07. The second-order valence-electron chi connectivity index (χ2n) is 8.38. The molecule has 0 spiro atoms. The van der Waals surface area contributed by atoms with E-state index in [0.29, 0.717) is 13.0 Å². The second-order valence-corrected chi connectivity index (χ2v) is 8.38. The minimum atomic E-state index is -0.0646. The highest BCUT2D eigenvalue weighted by atomic mass is 16.5. The molecule has 0 radical (unpaired) electrons. The Morgan fingerprint density at radius 3 is 2.45 bits per heavy atom. The smallest absolute Gasteiger partial charge is 0.322 e. The first-order valence-electron chi connectivity index (χ1n) is 11.2. The lowest BCUT2D eigenvalue weighted by Gasteiger charge is -2.30. The Hall–Kier alpha value is -3.02. The Balaban J connectivity index is 1.43. The lowest BCUT2D eigenvalue weighted by atomic mass is 10.0. The lowest BCUT2D eigenvalue weighted by molar-refractivity contribution is -0.128. The fraction of sp³-hybridized carbons (Fsp3) is 0.440. The molecular formula is C25H31N3O3. The van der Waals surface area contributed by atoms with Gasteiger partial charge in [0.25, 0.3) is 0 Å². The Kier molecular flexibility index (Phi) is 6.75. The largest absolute Gasteiger partial charge is 0.497 e. The quantitative estimate of drug-likeness (QED) is 0.742. The van der Waals surface area contributed by atoms with Crippen LogP contribution in [0.2, 0.25) is 0 Å². The van der Waals surface area contributed by atoms with Crippen LogP contribution in [0.5, 0.6) is 5.75 Å². The summed E-state index contributed by atoms with van der Waals surface area (Å²) in [4.78, 5) is 28.9. The molecule has 2 aromatic carbocycles. The molecule has 2 fully saturated rings. The van der Waals surface area contributed by atoms with E-state index in [0.717, 1.165) is 67.8 Å². The van der Waals surface area contributed by atoms with E-state index in [-0.39, 0.29) is 18.0 Å². The number of urea groups is 1. The minimum absolute atomic E-state index is 0.0638. The number of benzene rings is 2. The summed E-state index contributed by atoms with van der Waals surface area (Å²) in [5.74, 6) is 1.05. The first kappa shape index (κ1) is 21.2. The van der Waals surface area contributed by atoms with Crippen LogP contribution in [0.1, 0.15) is 55.7 Å². The molecule has 2 saturated heterocycles. The third-order valence-electron chi connectivity index (χ3n) is 6.26. The predicted octanol–water partition coefficient (Wildman–Crippen LogP) is 4.97. The summed E-state index contributed by atoms with van der Waals surface area (Å²) in [6, 6.07) is 15.9. The first-order valence-corrected chi connectivity index (χ1v) is 11.2. The number of carbonyl (C=O) groups excluding carboxylic acids is 2. The van der Waals surface area contributed by atoms with Crippen LogP contribution in [0.4, 0.5) is 10.5 Å². The van der Waals surface area contributed by atoms with Crippen molar-refractivity contribution in [1.82, 2.24) is 9.80 Å². The molecule has 6 heteroatoms. The van der Waals surface area contributed by atoms with Gasteiger partial charge in [-0.1, -0.05) is 37.1 Å². The van der Waals surface area contributed by atoms with Gasteiger partial charge in [-0.15, -0.1) is 0 Å². The molecule has 31 heavy (non-hydrogen) atoms. The summed E-state index contributed by atoms with van der Waals surface area (Å²) >= 11 is 0. The van der Waals surface area contributed by atoms with E-state index >= 15 is 0 Å². The van der Waals surface area contributed by atoms with Crippen molar-refractivity contribution >= 4 is 17.6 Å². The monoisotopic (exact) mass is 421 g/mol. The number of ether oxygens (including phenoxy) is 1. The van der Waals surface area contributed by atoms with Crippen molar-refractivity contribution in [2.24, 2.45) is 0 Å². The van der Waals surface area contributed by atoms with Gasteiger partial charge in [0, 0.05) is 31.7 Å². The maximum atomic E-state index is 13.2. The van der Waals surface area contributed by atoms with E-state index in [9.17, 15) is 9.59 Å². The topological polar surface area (TPSA) is 61.9 Å². The van der Waals surface area contributed by atoms with E-state index in [2.05, 4.69) is 17.4 Å². The molecule has 1 N–H and O–H groups in total. The zero-order valence-electron chi connectivity index (χ0n) is 18.2. The summed E-state index contributed by atoms with van der Waals surface area (Å²) in [6.07, 6.45) is 5.83. The van der Waals surface area contributed by atoms with Gasteiger partial charge in [0.05, 0.1) is 13.2 Å². The number of amides is 3. The number of nitrogens with one attached hydrogen (secondary N) is 1. The van der Waals surface area contributed by atoms with Crippen LogP contribution in [0, 0.1) is 0 Å². The molecule has 0 bridgehead atoms. The fourth-order valence-electron chi connectivity index (χ4n) is 4.50. The van der Waals surface area contributed by atoms with E-state index < -0.39 is 0 Å². The SMILES string of the molecule is COc1ccc(C2CCCCCN2C(=O)Nc2ccc(CN3CCCC3=O)cc2)cc1. The predicted molar refractivity (Wildman–Crippen MR) is 121 cm³/mol. The average Bonchev–Trinajstić information content (AvgIpc) is 3.04. The Bertz CT molecular complexity index is 895. The standard InChI is InChI=1S/C25H31N3O3/c1-31-22-14-10-20(11-15-22)23-6-3-2-4-17-28(23)25(30)26-21-12-8-19(9-13-21)18-27-16-5-7-24(27)29/h8-15,23H,2-7,16-18H2,1H3,(H,26,30). The van der Waals surface area contributed by atoms with E-state index in [1.54, 1.807) is 7.11 Å². The first-order chi connectivity index (χ1) is 15.1. The van der Waals surface area contributed by atoms with Crippen molar-refractivity contribution in [1.29, 1.82) is 0 Å². The summed E-state index contributed by atoms with van der Waals surface area (Å²) in [7, 11) is 1.66. The number of carbonyl (C=O) groups is 2. The van der Waals surface area contributed by atoms with Crippen molar-refractivity contribution in [2.75, 3.05) is 25.5 Å². The fourth-order valence-corrected chi connectivity index (χ4v) is 4.50. The van der Waals surface area contributed by atoms with Crippen LogP contribution < -0.4 is 10.1 Å². The van der Waals surface area contributed by atoms with Gasteiger partial charge in [-0.05, 0) is 54.7 Å². The van der Waals surface area contributed by atoms with Crippen molar-refractivity contribution < 1.29 is 14.3 Å². The van der Waals surface area contributed by atoms with Crippen LogP contribution in [0.25, 0.3) is 0 Å². The molecular weight excluding hydrogens is 390 g/mol. The van der Waals surface area contributed by atoms with Crippen LogP contribution in [0.15, 0.2) is 48.5 Å². The molecule has 2 aromatic rings. The van der Waals surface area contributed by atoms with Gasteiger partial charge in [-0.25, -0.2) is 4.79 Å². The van der Waals surface area contributed by atoms with E-state index in [1.807, 2.05) is 46.2 Å². The highest BCUT2D eigenvalue weighted by molar-refractivity contribution is 5.89. The molecule has 6 nitrogen and oxygen atoms in total. The Morgan fingerprint density at radius 2 is 1.77 bits per heavy atom. The minimum Gasteiger partial charge on any atom is -0.497 e. The molecule has 1 unspecified atom stereocenters. The van der Waals surface area contributed by atoms with Crippen molar-refractivity contribution in [3.63, 3.8) is 0 Å².